The van der Waals surface area contributed by atoms with Gasteiger partial charge >= 0.3 is 0 Å². The summed E-state index contributed by atoms with van der Waals surface area (Å²) in [5.41, 5.74) is 1.90. The van der Waals surface area contributed by atoms with Gasteiger partial charge in [-0.25, -0.2) is 8.78 Å². The Labute approximate surface area is 238 Å². The highest BCUT2D eigenvalue weighted by molar-refractivity contribution is 5.83. The lowest BCUT2D eigenvalue weighted by Crippen LogP contribution is -2.49. The molecule has 2 atom stereocenters. The van der Waals surface area contributed by atoms with Crippen molar-refractivity contribution in [3.05, 3.63) is 70.8 Å². The third kappa shape index (κ3) is 11.0. The lowest BCUT2D eigenvalue weighted by atomic mass is 9.85. The van der Waals surface area contributed by atoms with Gasteiger partial charge in [-0.05, 0) is 60.9 Å². The molecule has 0 fully saturated rings. The molecule has 2 aromatic rings. The topological polar surface area (TPSA) is 81.7 Å². The molecule has 0 saturated heterocycles. The van der Waals surface area contributed by atoms with Crippen molar-refractivity contribution in [1.29, 1.82) is 0 Å². The van der Waals surface area contributed by atoms with Crippen molar-refractivity contribution in [1.82, 2.24) is 15.5 Å². The van der Waals surface area contributed by atoms with E-state index in [0.717, 1.165) is 30.9 Å². The summed E-state index contributed by atoms with van der Waals surface area (Å²) in [7, 11) is 0. The van der Waals surface area contributed by atoms with E-state index in [1.807, 2.05) is 44.7 Å². The van der Waals surface area contributed by atoms with Crippen LogP contribution in [0.15, 0.2) is 42.5 Å². The maximum Gasteiger partial charge on any atom is 0.228 e. The number of amides is 2. The first-order valence-electron chi connectivity index (χ1n) is 14.5. The summed E-state index contributed by atoms with van der Waals surface area (Å²) in [4.78, 5) is 28.0. The Kier molecular flexibility index (Phi) is 13.7. The van der Waals surface area contributed by atoms with Crippen molar-refractivity contribution >= 4 is 11.8 Å². The number of carbonyl (C=O) groups excluding carboxylic acids is 2. The fraction of sp³-hybridized carbons (Fsp3) is 0.562. The third-order valence-corrected chi connectivity index (χ3v) is 7.10. The second-order valence-electron chi connectivity index (χ2n) is 11.2. The molecule has 222 valence electrons. The van der Waals surface area contributed by atoms with Crippen molar-refractivity contribution in [3.8, 4) is 0 Å². The predicted octanol–water partition coefficient (Wildman–Crippen LogP) is 5.16. The first-order chi connectivity index (χ1) is 19.0. The standard InChI is InChI=1S/C32H47F2N3O3/c1-6-14-37(15-7-2)31(40)32(4,5)13-12-30(39)36-28(19-25-17-26(33)20-27(34)18-25)29(38)22-35-21-24-11-9-10-23(8-3)16-24/h9-11,16-18,20,28-29,35,38H,6-8,12-15,19,21-22H2,1-5H3,(H,36,39)/t28-,29+/m0/s1. The van der Waals surface area contributed by atoms with Gasteiger partial charge in [-0.1, -0.05) is 58.9 Å². The number of benzene rings is 2. The van der Waals surface area contributed by atoms with Crippen LogP contribution >= 0.6 is 0 Å². The average Bonchev–Trinajstić information content (AvgIpc) is 2.90. The first-order valence-corrected chi connectivity index (χ1v) is 14.5. The fourth-order valence-electron chi connectivity index (χ4n) is 4.83. The SMILES string of the molecule is CCCN(CCC)C(=O)C(C)(C)CCC(=O)N[C@@H](Cc1cc(F)cc(F)c1)[C@H](O)CNCc1cccc(CC)c1. The number of aliphatic hydroxyl groups excluding tert-OH is 1. The maximum absolute atomic E-state index is 13.9. The smallest absolute Gasteiger partial charge is 0.228 e. The van der Waals surface area contributed by atoms with Crippen LogP contribution in [0.25, 0.3) is 0 Å². The minimum atomic E-state index is -1.01. The van der Waals surface area contributed by atoms with Crippen molar-refractivity contribution < 1.29 is 23.5 Å². The van der Waals surface area contributed by atoms with Crippen LogP contribution in [0.1, 0.15) is 77.0 Å². The maximum atomic E-state index is 13.9. The summed E-state index contributed by atoms with van der Waals surface area (Å²) < 4.78 is 27.7. The van der Waals surface area contributed by atoms with Crippen molar-refractivity contribution in [2.45, 2.75) is 91.8 Å². The summed E-state index contributed by atoms with van der Waals surface area (Å²) in [5, 5.41) is 17.1. The van der Waals surface area contributed by atoms with Gasteiger partial charge in [-0.3, -0.25) is 9.59 Å². The zero-order valence-electron chi connectivity index (χ0n) is 24.7. The van der Waals surface area contributed by atoms with Crippen LogP contribution in [0.2, 0.25) is 0 Å². The molecule has 2 rings (SSSR count). The van der Waals surface area contributed by atoms with Gasteiger partial charge in [0.1, 0.15) is 11.6 Å². The van der Waals surface area contributed by atoms with E-state index in [9.17, 15) is 23.5 Å². The molecule has 0 radical (unpaired) electrons. The second-order valence-corrected chi connectivity index (χ2v) is 11.2. The second kappa shape index (κ2) is 16.4. The highest BCUT2D eigenvalue weighted by Gasteiger charge is 2.32. The van der Waals surface area contributed by atoms with E-state index in [-0.39, 0.29) is 31.2 Å². The van der Waals surface area contributed by atoms with E-state index < -0.39 is 29.2 Å². The van der Waals surface area contributed by atoms with Gasteiger partial charge in [0.2, 0.25) is 11.8 Å². The molecule has 2 amide bonds. The number of aliphatic hydroxyl groups is 1. The van der Waals surface area contributed by atoms with Crippen LogP contribution in [-0.2, 0) is 29.0 Å². The molecule has 0 unspecified atom stereocenters. The summed E-state index contributed by atoms with van der Waals surface area (Å²) in [5.74, 6) is -1.73. The minimum absolute atomic E-state index is 0.0205. The number of rotatable bonds is 17. The summed E-state index contributed by atoms with van der Waals surface area (Å²) in [6, 6.07) is 10.6. The van der Waals surface area contributed by atoms with Crippen LogP contribution in [0.4, 0.5) is 8.78 Å². The molecule has 0 aliphatic rings. The van der Waals surface area contributed by atoms with Crippen molar-refractivity contribution in [3.63, 3.8) is 0 Å². The summed E-state index contributed by atoms with van der Waals surface area (Å²) in [6.45, 7) is 11.9. The monoisotopic (exact) mass is 559 g/mol. The number of halogens is 2. The third-order valence-electron chi connectivity index (χ3n) is 7.10. The Bertz CT molecular complexity index is 1070. The molecular weight excluding hydrogens is 512 g/mol. The van der Waals surface area contributed by atoms with Crippen LogP contribution in [-0.4, -0.2) is 53.6 Å². The van der Waals surface area contributed by atoms with E-state index in [0.29, 0.717) is 31.6 Å². The number of carbonyl (C=O) groups is 2. The lowest BCUT2D eigenvalue weighted by Gasteiger charge is -2.32. The van der Waals surface area contributed by atoms with Gasteiger partial charge in [-0.2, -0.15) is 0 Å². The van der Waals surface area contributed by atoms with Gasteiger partial charge in [-0.15, -0.1) is 0 Å². The largest absolute Gasteiger partial charge is 0.390 e. The highest BCUT2D eigenvalue weighted by Crippen LogP contribution is 2.26. The Morgan fingerprint density at radius 1 is 0.950 bits per heavy atom. The zero-order valence-corrected chi connectivity index (χ0v) is 24.7. The Morgan fingerprint density at radius 3 is 2.17 bits per heavy atom. The normalized spacial score (nSPS) is 13.1. The molecule has 8 heteroatoms. The van der Waals surface area contributed by atoms with Gasteiger partial charge in [0.15, 0.2) is 0 Å². The number of hydrogen-bond donors (Lipinski definition) is 3. The number of nitrogens with zero attached hydrogens (tertiary/aromatic N) is 1. The van der Waals surface area contributed by atoms with Gasteiger partial charge in [0.25, 0.3) is 0 Å². The van der Waals surface area contributed by atoms with E-state index in [1.54, 1.807) is 0 Å². The van der Waals surface area contributed by atoms with Crippen LogP contribution in [0.5, 0.6) is 0 Å². The average molecular weight is 560 g/mol. The van der Waals surface area contributed by atoms with Gasteiger partial charge in [0.05, 0.1) is 12.1 Å². The molecule has 0 bridgehead atoms. The zero-order chi connectivity index (χ0) is 29.7. The molecule has 0 aliphatic heterocycles. The summed E-state index contributed by atoms with van der Waals surface area (Å²) >= 11 is 0. The van der Waals surface area contributed by atoms with Crippen molar-refractivity contribution in [2.75, 3.05) is 19.6 Å². The van der Waals surface area contributed by atoms with Gasteiger partial charge in [0, 0.05) is 44.1 Å². The molecule has 0 heterocycles. The molecule has 0 aliphatic carbocycles. The molecule has 6 nitrogen and oxygen atoms in total. The van der Waals surface area contributed by atoms with Crippen LogP contribution in [0.3, 0.4) is 0 Å². The van der Waals surface area contributed by atoms with Crippen LogP contribution < -0.4 is 10.6 Å². The predicted molar refractivity (Wildman–Crippen MR) is 156 cm³/mol. The molecule has 0 spiro atoms. The molecule has 3 N–H and O–H groups in total. The molecule has 0 saturated carbocycles. The fourth-order valence-corrected chi connectivity index (χ4v) is 4.83. The highest BCUT2D eigenvalue weighted by atomic mass is 19.1. The molecule has 0 aromatic heterocycles. The van der Waals surface area contributed by atoms with Crippen molar-refractivity contribution in [2.24, 2.45) is 5.41 Å². The summed E-state index contributed by atoms with van der Waals surface area (Å²) in [6.07, 6.45) is 2.11. The van der Waals surface area contributed by atoms with E-state index in [4.69, 9.17) is 0 Å². The Balaban J connectivity index is 2.07. The number of nitrogens with one attached hydrogen (secondary N) is 2. The molecule has 2 aromatic carbocycles. The number of hydrogen-bond acceptors (Lipinski definition) is 4. The Morgan fingerprint density at radius 2 is 1.57 bits per heavy atom. The molecule has 40 heavy (non-hydrogen) atoms. The lowest BCUT2D eigenvalue weighted by molar-refractivity contribution is -0.141. The number of aryl methyl sites for hydroxylation is 1. The molecular formula is C32H47F2N3O3. The van der Waals surface area contributed by atoms with Crippen LogP contribution in [0, 0.1) is 17.0 Å². The van der Waals surface area contributed by atoms with Gasteiger partial charge < -0.3 is 20.6 Å². The first kappa shape index (κ1) is 33.4. The van der Waals surface area contributed by atoms with E-state index >= 15 is 0 Å². The van der Waals surface area contributed by atoms with E-state index in [2.05, 4.69) is 29.7 Å². The quantitative estimate of drug-likeness (QED) is 0.250. The van der Waals surface area contributed by atoms with E-state index in [1.165, 1.54) is 17.7 Å². The Hall–Kier alpha value is -2.84. The minimum Gasteiger partial charge on any atom is -0.390 e.